The molecule has 4 nitrogen and oxygen atoms in total. The molecule has 1 N–H and O–H groups in total. The van der Waals surface area contributed by atoms with Crippen LogP contribution in [0.15, 0.2) is 0 Å². The third kappa shape index (κ3) is 7.31. The van der Waals surface area contributed by atoms with E-state index in [2.05, 4.69) is 5.32 Å². The van der Waals surface area contributed by atoms with Crippen molar-refractivity contribution in [3.63, 3.8) is 0 Å². The molecule has 0 saturated heterocycles. The summed E-state index contributed by atoms with van der Waals surface area (Å²) < 4.78 is 4.84. The van der Waals surface area contributed by atoms with Gasteiger partial charge in [-0.15, -0.1) is 0 Å². The standard InChI is InChI=1S/C9H17NO3/c1-3-7-13-9(12)6-4-5-8(11)10-2/h3-7H2,1-2H3,(H,10,11). The number of hydrogen-bond acceptors (Lipinski definition) is 3. The van der Waals surface area contributed by atoms with E-state index in [1.54, 1.807) is 7.05 Å². The van der Waals surface area contributed by atoms with Gasteiger partial charge in [-0.05, 0) is 12.8 Å². The molecule has 0 aliphatic rings. The Morgan fingerprint density at radius 2 is 2.00 bits per heavy atom. The van der Waals surface area contributed by atoms with Crippen molar-refractivity contribution in [2.75, 3.05) is 13.7 Å². The Hall–Kier alpha value is -1.06. The maximum absolute atomic E-state index is 10.9. The Balaban J connectivity index is 3.31. The van der Waals surface area contributed by atoms with Crippen LogP contribution in [0.4, 0.5) is 0 Å². The average molecular weight is 187 g/mol. The quantitative estimate of drug-likeness (QED) is 0.627. The lowest BCUT2D eigenvalue weighted by Crippen LogP contribution is -2.17. The summed E-state index contributed by atoms with van der Waals surface area (Å²) in [6.45, 7) is 2.41. The predicted molar refractivity (Wildman–Crippen MR) is 49.2 cm³/mol. The monoisotopic (exact) mass is 187 g/mol. The molecule has 0 atom stereocenters. The number of nitrogens with one attached hydrogen (secondary N) is 1. The van der Waals surface area contributed by atoms with E-state index in [0.717, 1.165) is 6.42 Å². The molecule has 0 aliphatic heterocycles. The molecule has 0 unspecified atom stereocenters. The van der Waals surface area contributed by atoms with Crippen molar-refractivity contribution >= 4 is 11.9 Å². The zero-order valence-corrected chi connectivity index (χ0v) is 8.26. The van der Waals surface area contributed by atoms with Crippen molar-refractivity contribution < 1.29 is 14.3 Å². The third-order valence-electron chi connectivity index (χ3n) is 1.53. The number of esters is 1. The molecule has 4 heteroatoms. The first-order valence-corrected chi connectivity index (χ1v) is 4.57. The first-order valence-electron chi connectivity index (χ1n) is 4.57. The lowest BCUT2D eigenvalue weighted by atomic mass is 10.2. The maximum atomic E-state index is 10.9. The highest BCUT2D eigenvalue weighted by atomic mass is 16.5. The summed E-state index contributed by atoms with van der Waals surface area (Å²) in [5.41, 5.74) is 0. The number of ether oxygens (including phenoxy) is 1. The number of carbonyl (C=O) groups excluding carboxylic acids is 2. The second kappa shape index (κ2) is 7.58. The summed E-state index contributed by atoms with van der Waals surface area (Å²) in [6, 6.07) is 0. The average Bonchev–Trinajstić information content (AvgIpc) is 2.14. The minimum Gasteiger partial charge on any atom is -0.466 e. The van der Waals surface area contributed by atoms with Gasteiger partial charge in [-0.3, -0.25) is 9.59 Å². The van der Waals surface area contributed by atoms with Crippen LogP contribution < -0.4 is 5.32 Å². The highest BCUT2D eigenvalue weighted by Gasteiger charge is 2.03. The van der Waals surface area contributed by atoms with Gasteiger partial charge in [0.25, 0.3) is 0 Å². The van der Waals surface area contributed by atoms with E-state index >= 15 is 0 Å². The lowest BCUT2D eigenvalue weighted by molar-refractivity contribution is -0.143. The van der Waals surface area contributed by atoms with Gasteiger partial charge in [-0.2, -0.15) is 0 Å². The highest BCUT2D eigenvalue weighted by Crippen LogP contribution is 1.97. The molecule has 0 spiro atoms. The molecule has 0 heterocycles. The summed E-state index contributed by atoms with van der Waals surface area (Å²) in [7, 11) is 1.58. The molecule has 0 aromatic heterocycles. The third-order valence-corrected chi connectivity index (χ3v) is 1.53. The van der Waals surface area contributed by atoms with Crippen LogP contribution in [0, 0.1) is 0 Å². The molecule has 0 rings (SSSR count). The van der Waals surface area contributed by atoms with Gasteiger partial charge in [0.1, 0.15) is 0 Å². The van der Waals surface area contributed by atoms with Gasteiger partial charge in [0.15, 0.2) is 0 Å². The second-order valence-corrected chi connectivity index (χ2v) is 2.75. The number of carbonyl (C=O) groups is 2. The number of rotatable bonds is 6. The Morgan fingerprint density at radius 1 is 1.31 bits per heavy atom. The van der Waals surface area contributed by atoms with Crippen LogP contribution in [0.25, 0.3) is 0 Å². The molecule has 76 valence electrons. The van der Waals surface area contributed by atoms with Crippen molar-refractivity contribution in [3.8, 4) is 0 Å². The van der Waals surface area contributed by atoms with Crippen LogP contribution in [0.2, 0.25) is 0 Å². The van der Waals surface area contributed by atoms with Crippen molar-refractivity contribution in [1.82, 2.24) is 5.32 Å². The molecule has 13 heavy (non-hydrogen) atoms. The van der Waals surface area contributed by atoms with E-state index in [1.807, 2.05) is 6.92 Å². The molecule has 0 aromatic rings. The fourth-order valence-corrected chi connectivity index (χ4v) is 0.806. The Morgan fingerprint density at radius 3 is 2.54 bits per heavy atom. The highest BCUT2D eigenvalue weighted by molar-refractivity contribution is 5.76. The first-order chi connectivity index (χ1) is 6.20. The van der Waals surface area contributed by atoms with E-state index in [9.17, 15) is 9.59 Å². The molecule has 0 bridgehead atoms. The Bertz CT molecular complexity index is 168. The number of hydrogen-bond donors (Lipinski definition) is 1. The van der Waals surface area contributed by atoms with Crippen LogP contribution >= 0.6 is 0 Å². The summed E-state index contributed by atoms with van der Waals surface area (Å²) in [5.74, 6) is -0.256. The lowest BCUT2D eigenvalue weighted by Gasteiger charge is -2.02. The van der Waals surface area contributed by atoms with E-state index in [4.69, 9.17) is 4.74 Å². The Kier molecular flexibility index (Phi) is 6.96. The smallest absolute Gasteiger partial charge is 0.305 e. The fourth-order valence-electron chi connectivity index (χ4n) is 0.806. The van der Waals surface area contributed by atoms with Gasteiger partial charge in [-0.25, -0.2) is 0 Å². The molecule has 0 aliphatic carbocycles. The molecule has 0 aromatic carbocycles. The van der Waals surface area contributed by atoms with Gasteiger partial charge < -0.3 is 10.1 Å². The van der Waals surface area contributed by atoms with Crippen molar-refractivity contribution in [1.29, 1.82) is 0 Å². The van der Waals surface area contributed by atoms with Crippen LogP contribution in [0.5, 0.6) is 0 Å². The van der Waals surface area contributed by atoms with E-state index in [1.165, 1.54) is 0 Å². The maximum Gasteiger partial charge on any atom is 0.305 e. The minimum absolute atomic E-state index is 0.0386. The topological polar surface area (TPSA) is 55.4 Å². The van der Waals surface area contributed by atoms with Crippen molar-refractivity contribution in [2.45, 2.75) is 32.6 Å². The van der Waals surface area contributed by atoms with E-state index in [0.29, 0.717) is 25.9 Å². The zero-order valence-electron chi connectivity index (χ0n) is 8.26. The van der Waals surface area contributed by atoms with Crippen LogP contribution in [0.3, 0.4) is 0 Å². The summed E-state index contributed by atoms with van der Waals surface area (Å²) in [6.07, 6.45) is 2.11. The Labute approximate surface area is 78.6 Å². The first kappa shape index (κ1) is 11.9. The van der Waals surface area contributed by atoms with Crippen molar-refractivity contribution in [3.05, 3.63) is 0 Å². The minimum atomic E-state index is -0.217. The van der Waals surface area contributed by atoms with Gasteiger partial charge >= 0.3 is 5.97 Å². The summed E-state index contributed by atoms with van der Waals surface area (Å²) in [5, 5.41) is 2.49. The predicted octanol–water partition coefficient (Wildman–Crippen LogP) is 0.856. The van der Waals surface area contributed by atoms with Gasteiger partial charge in [0.2, 0.25) is 5.91 Å². The van der Waals surface area contributed by atoms with Gasteiger partial charge in [-0.1, -0.05) is 6.92 Å². The van der Waals surface area contributed by atoms with E-state index in [-0.39, 0.29) is 11.9 Å². The van der Waals surface area contributed by atoms with Crippen molar-refractivity contribution in [2.24, 2.45) is 0 Å². The fraction of sp³-hybridized carbons (Fsp3) is 0.778. The van der Waals surface area contributed by atoms with Gasteiger partial charge in [0, 0.05) is 19.9 Å². The van der Waals surface area contributed by atoms with Crippen LogP contribution in [-0.2, 0) is 14.3 Å². The SMILES string of the molecule is CCCOC(=O)CCCC(=O)NC. The number of amides is 1. The largest absolute Gasteiger partial charge is 0.466 e. The van der Waals surface area contributed by atoms with E-state index < -0.39 is 0 Å². The van der Waals surface area contributed by atoms with Crippen LogP contribution in [-0.4, -0.2) is 25.5 Å². The summed E-state index contributed by atoms with van der Waals surface area (Å²) >= 11 is 0. The molecule has 0 fully saturated rings. The zero-order chi connectivity index (χ0) is 10.1. The van der Waals surface area contributed by atoms with Crippen LogP contribution in [0.1, 0.15) is 32.6 Å². The second-order valence-electron chi connectivity index (χ2n) is 2.75. The molecule has 0 radical (unpaired) electrons. The normalized spacial score (nSPS) is 9.38. The summed E-state index contributed by atoms with van der Waals surface area (Å²) in [4.78, 5) is 21.7. The molecular formula is C9H17NO3. The van der Waals surface area contributed by atoms with Gasteiger partial charge in [0.05, 0.1) is 6.61 Å². The molecular weight excluding hydrogens is 170 g/mol. The molecule has 0 saturated carbocycles. The molecule has 1 amide bonds.